The predicted molar refractivity (Wildman–Crippen MR) is 58.3 cm³/mol. The summed E-state index contributed by atoms with van der Waals surface area (Å²) in [4.78, 5) is 2.17. The van der Waals surface area contributed by atoms with Crippen molar-refractivity contribution in [2.24, 2.45) is 0 Å². The van der Waals surface area contributed by atoms with E-state index in [9.17, 15) is 0 Å². The Morgan fingerprint density at radius 2 is 2.00 bits per heavy atom. The zero-order chi connectivity index (χ0) is 9.38. The molecule has 2 heteroatoms. The molecule has 0 bridgehead atoms. The van der Waals surface area contributed by atoms with Crippen molar-refractivity contribution in [3.05, 3.63) is 60.2 Å². The van der Waals surface area contributed by atoms with Crippen molar-refractivity contribution in [3.8, 4) is 0 Å². The molecular formula is C12H10N2. The van der Waals surface area contributed by atoms with Gasteiger partial charge in [0, 0.05) is 18.6 Å². The number of hydrogen-bond acceptors (Lipinski definition) is 2. The fraction of sp³-hybridized carbons (Fsp3) is 0. The van der Waals surface area contributed by atoms with Crippen molar-refractivity contribution >= 4 is 11.8 Å². The first-order valence-electron chi connectivity index (χ1n) is 4.64. The van der Waals surface area contributed by atoms with Crippen molar-refractivity contribution < 1.29 is 0 Å². The van der Waals surface area contributed by atoms with Crippen molar-refractivity contribution in [2.45, 2.75) is 0 Å². The number of hydrogen-bond donors (Lipinski definition) is 1. The summed E-state index contributed by atoms with van der Waals surface area (Å²) in [6.45, 7) is 0. The largest absolute Gasteiger partial charge is 0.365 e. The van der Waals surface area contributed by atoms with Gasteiger partial charge in [-0.05, 0) is 17.7 Å². The van der Waals surface area contributed by atoms with Crippen molar-refractivity contribution in [2.75, 3.05) is 4.90 Å². The molecule has 3 rings (SSSR count). The molecule has 0 unspecified atom stereocenters. The molecule has 2 nitrogen and oxygen atoms in total. The number of rotatable bonds is 0. The van der Waals surface area contributed by atoms with E-state index in [0.717, 1.165) is 0 Å². The van der Waals surface area contributed by atoms with Crippen LogP contribution in [-0.2, 0) is 0 Å². The highest BCUT2D eigenvalue weighted by Crippen LogP contribution is 2.31. The van der Waals surface area contributed by atoms with Crippen LogP contribution < -0.4 is 10.2 Å². The van der Waals surface area contributed by atoms with Gasteiger partial charge in [-0.2, -0.15) is 0 Å². The van der Waals surface area contributed by atoms with Gasteiger partial charge in [0.05, 0.1) is 11.4 Å². The third kappa shape index (κ3) is 0.973. The van der Waals surface area contributed by atoms with Crippen LogP contribution >= 0.6 is 0 Å². The third-order valence-electron chi connectivity index (χ3n) is 2.46. The number of para-hydroxylation sites is 1. The molecule has 0 radical (unpaired) electrons. The zero-order valence-corrected chi connectivity index (χ0v) is 7.64. The molecule has 1 aromatic rings. The van der Waals surface area contributed by atoms with Crippen LogP contribution in [0.1, 0.15) is 5.56 Å². The number of allylic oxidation sites excluding steroid dienone is 1. The van der Waals surface area contributed by atoms with Crippen LogP contribution in [0.4, 0.5) is 5.69 Å². The monoisotopic (exact) mass is 182 g/mol. The van der Waals surface area contributed by atoms with Crippen LogP contribution in [0.5, 0.6) is 0 Å². The summed E-state index contributed by atoms with van der Waals surface area (Å²) in [5.41, 5.74) is 3.67. The molecule has 14 heavy (non-hydrogen) atoms. The Labute approximate surface area is 82.9 Å². The summed E-state index contributed by atoms with van der Waals surface area (Å²) < 4.78 is 0. The molecule has 1 aromatic carbocycles. The minimum absolute atomic E-state index is 1.17. The van der Waals surface area contributed by atoms with Gasteiger partial charge < -0.3 is 10.2 Å². The van der Waals surface area contributed by atoms with E-state index in [1.807, 2.05) is 18.6 Å². The number of benzene rings is 1. The summed E-state index contributed by atoms with van der Waals surface area (Å²) in [6, 6.07) is 8.37. The van der Waals surface area contributed by atoms with Crippen LogP contribution in [-0.4, -0.2) is 0 Å². The molecular weight excluding hydrogens is 172 g/mol. The highest BCUT2D eigenvalue weighted by atomic mass is 15.2. The highest BCUT2D eigenvalue weighted by Gasteiger charge is 2.15. The van der Waals surface area contributed by atoms with Crippen molar-refractivity contribution in [1.29, 1.82) is 0 Å². The fourth-order valence-electron chi connectivity index (χ4n) is 1.78. The van der Waals surface area contributed by atoms with Gasteiger partial charge in [-0.1, -0.05) is 24.3 Å². The standard InChI is InChI=1S/C12H10N2/c1-2-4-12-10(3-1)5-6-11-9-13-7-8-14(11)12/h1-9,13H. The molecule has 0 saturated carbocycles. The van der Waals surface area contributed by atoms with Crippen LogP contribution in [0.2, 0.25) is 0 Å². The Hall–Kier alpha value is -1.96. The van der Waals surface area contributed by atoms with Gasteiger partial charge in [0.2, 0.25) is 0 Å². The van der Waals surface area contributed by atoms with E-state index >= 15 is 0 Å². The molecule has 0 fully saturated rings. The van der Waals surface area contributed by atoms with Crippen LogP contribution in [0, 0.1) is 0 Å². The zero-order valence-electron chi connectivity index (χ0n) is 7.64. The summed E-state index contributed by atoms with van der Waals surface area (Å²) in [5.74, 6) is 0. The number of anilines is 1. The Kier molecular flexibility index (Phi) is 1.47. The SMILES string of the molecule is C1=CN2C(=CN1)C=Cc1ccccc12. The summed E-state index contributed by atoms with van der Waals surface area (Å²) in [7, 11) is 0. The molecule has 2 heterocycles. The Morgan fingerprint density at radius 1 is 1.07 bits per heavy atom. The maximum absolute atomic E-state index is 3.08. The lowest BCUT2D eigenvalue weighted by Crippen LogP contribution is -2.23. The third-order valence-corrected chi connectivity index (χ3v) is 2.46. The molecule has 68 valence electrons. The van der Waals surface area contributed by atoms with Gasteiger partial charge >= 0.3 is 0 Å². The average Bonchev–Trinajstić information content (AvgIpc) is 2.29. The minimum Gasteiger partial charge on any atom is -0.365 e. The lowest BCUT2D eigenvalue weighted by atomic mass is 10.1. The Balaban J connectivity index is 2.19. The summed E-state index contributed by atoms with van der Waals surface area (Å²) in [6.07, 6.45) is 10.2. The second-order valence-electron chi connectivity index (χ2n) is 3.31. The minimum atomic E-state index is 1.17. The fourth-order valence-corrected chi connectivity index (χ4v) is 1.78. The Morgan fingerprint density at radius 3 is 3.00 bits per heavy atom. The van der Waals surface area contributed by atoms with E-state index in [4.69, 9.17) is 0 Å². The van der Waals surface area contributed by atoms with E-state index in [0.29, 0.717) is 0 Å². The van der Waals surface area contributed by atoms with E-state index in [-0.39, 0.29) is 0 Å². The molecule has 0 atom stereocenters. The van der Waals surface area contributed by atoms with E-state index in [2.05, 4.69) is 46.6 Å². The Bertz CT molecular complexity index is 455. The molecule has 0 saturated heterocycles. The number of fused-ring (bicyclic) bond motifs is 3. The number of nitrogens with zero attached hydrogens (tertiary/aromatic N) is 1. The quantitative estimate of drug-likeness (QED) is 0.663. The van der Waals surface area contributed by atoms with Gasteiger partial charge in [0.25, 0.3) is 0 Å². The maximum Gasteiger partial charge on any atom is 0.0616 e. The normalized spacial score (nSPS) is 16.9. The first-order chi connectivity index (χ1) is 6.95. The van der Waals surface area contributed by atoms with E-state index < -0.39 is 0 Å². The highest BCUT2D eigenvalue weighted by molar-refractivity contribution is 5.77. The van der Waals surface area contributed by atoms with Gasteiger partial charge in [-0.25, -0.2) is 0 Å². The average molecular weight is 182 g/mol. The molecule has 2 aliphatic rings. The lowest BCUT2D eigenvalue weighted by molar-refractivity contribution is 1.04. The topological polar surface area (TPSA) is 15.3 Å². The molecule has 0 aliphatic carbocycles. The van der Waals surface area contributed by atoms with Gasteiger partial charge in [-0.3, -0.25) is 0 Å². The van der Waals surface area contributed by atoms with E-state index in [1.54, 1.807) is 0 Å². The summed E-state index contributed by atoms with van der Waals surface area (Å²) in [5, 5.41) is 3.08. The van der Waals surface area contributed by atoms with E-state index in [1.165, 1.54) is 16.9 Å². The first-order valence-corrected chi connectivity index (χ1v) is 4.64. The molecule has 0 spiro atoms. The van der Waals surface area contributed by atoms with Gasteiger partial charge in [0.15, 0.2) is 0 Å². The van der Waals surface area contributed by atoms with Crippen LogP contribution in [0.15, 0.2) is 54.6 Å². The first kappa shape index (κ1) is 7.44. The van der Waals surface area contributed by atoms with Crippen LogP contribution in [0.25, 0.3) is 6.08 Å². The maximum atomic E-state index is 3.08. The molecule has 0 aromatic heterocycles. The smallest absolute Gasteiger partial charge is 0.0616 e. The second kappa shape index (κ2) is 2.77. The van der Waals surface area contributed by atoms with Gasteiger partial charge in [0.1, 0.15) is 0 Å². The van der Waals surface area contributed by atoms with Crippen molar-refractivity contribution in [1.82, 2.24) is 5.32 Å². The van der Waals surface area contributed by atoms with Crippen LogP contribution in [0.3, 0.4) is 0 Å². The number of nitrogens with one attached hydrogen (secondary N) is 1. The van der Waals surface area contributed by atoms with Crippen molar-refractivity contribution in [3.63, 3.8) is 0 Å². The molecule has 1 N–H and O–H groups in total. The van der Waals surface area contributed by atoms with Gasteiger partial charge in [-0.15, -0.1) is 0 Å². The molecule has 0 amide bonds. The second-order valence-corrected chi connectivity index (χ2v) is 3.31. The molecule has 2 aliphatic heterocycles. The lowest BCUT2D eigenvalue weighted by Gasteiger charge is -2.28. The predicted octanol–water partition coefficient (Wildman–Crippen LogP) is 2.44. The summed E-state index contributed by atoms with van der Waals surface area (Å²) >= 11 is 0.